The van der Waals surface area contributed by atoms with Crippen LogP contribution in [0.25, 0.3) is 0 Å². The molecule has 2 aliphatic heterocycles. The van der Waals surface area contributed by atoms with Gasteiger partial charge in [0, 0.05) is 46.9 Å². The fraction of sp³-hybridized carbons (Fsp3) is 0.474. The third-order valence-corrected chi connectivity index (χ3v) is 9.39. The molecule has 2 N–H and O–H groups in total. The van der Waals surface area contributed by atoms with Crippen molar-refractivity contribution in [2.75, 3.05) is 36.9 Å². The predicted octanol–water partition coefficient (Wildman–Crippen LogP) is 1.16. The molecule has 2 fully saturated rings. The second-order valence-electron chi connectivity index (χ2n) is 7.75. The quantitative estimate of drug-likeness (QED) is 0.728. The molecule has 2 saturated heterocycles. The summed E-state index contributed by atoms with van der Waals surface area (Å²) in [6.45, 7) is 3.46. The van der Waals surface area contributed by atoms with E-state index in [-0.39, 0.29) is 11.4 Å². The lowest BCUT2D eigenvalue weighted by Crippen LogP contribution is -2.43. The minimum absolute atomic E-state index is 0.113. The number of ether oxygens (including phenoxy) is 1. The van der Waals surface area contributed by atoms with E-state index in [1.807, 2.05) is 18.2 Å². The maximum Gasteiger partial charge on any atom is 0.270 e. The smallest absolute Gasteiger partial charge is 0.270 e. The second kappa shape index (κ2) is 7.74. The summed E-state index contributed by atoms with van der Waals surface area (Å²) in [5, 5.41) is 1.80. The van der Waals surface area contributed by atoms with Crippen LogP contribution < -0.4 is 21.4 Å². The molecule has 9 heteroatoms. The van der Waals surface area contributed by atoms with E-state index in [2.05, 4.69) is 9.88 Å². The van der Waals surface area contributed by atoms with Gasteiger partial charge in [-0.3, -0.25) is 9.36 Å². The van der Waals surface area contributed by atoms with Crippen molar-refractivity contribution < 1.29 is 4.74 Å². The van der Waals surface area contributed by atoms with E-state index in [4.69, 9.17) is 22.1 Å². The van der Waals surface area contributed by atoms with Crippen LogP contribution in [0, 0.1) is 5.41 Å². The van der Waals surface area contributed by atoms with Gasteiger partial charge in [-0.15, -0.1) is 0 Å². The van der Waals surface area contributed by atoms with Crippen molar-refractivity contribution in [2.24, 2.45) is 12.5 Å². The maximum atomic E-state index is 13.1. The Hall–Kier alpha value is -1.48. The Morgan fingerprint density at radius 1 is 1.32 bits per heavy atom. The minimum Gasteiger partial charge on any atom is -0.382 e. The number of aromatic nitrogens is 2. The molecule has 1 aromatic carbocycles. The molecular weight excluding hydrogens is 412 g/mol. The molecule has 28 heavy (non-hydrogen) atoms. The molecule has 3 heterocycles. The van der Waals surface area contributed by atoms with Gasteiger partial charge in [0.25, 0.3) is 5.56 Å². The van der Waals surface area contributed by atoms with E-state index >= 15 is 0 Å². The topological polar surface area (TPSA) is 73.4 Å². The number of anilines is 2. The van der Waals surface area contributed by atoms with Gasteiger partial charge in [0.2, 0.25) is 5.95 Å². The molecule has 0 unspecified atom stereocenters. The average molecular weight is 437 g/mol. The fourth-order valence-corrected chi connectivity index (χ4v) is 5.87. The Morgan fingerprint density at radius 2 is 2.07 bits per heavy atom. The Balaban J connectivity index is 1.60. The van der Waals surface area contributed by atoms with Gasteiger partial charge in [0.15, 0.2) is 0 Å². The van der Waals surface area contributed by atoms with E-state index in [0.717, 1.165) is 70.9 Å². The van der Waals surface area contributed by atoms with Crippen molar-refractivity contribution in [1.29, 1.82) is 0 Å². The van der Waals surface area contributed by atoms with E-state index in [1.165, 1.54) is 11.8 Å². The van der Waals surface area contributed by atoms with Crippen LogP contribution in [0.4, 0.5) is 11.8 Å². The van der Waals surface area contributed by atoms with E-state index < -0.39 is 0 Å². The number of nitrogens with two attached hydrogens (primary N) is 1. The van der Waals surface area contributed by atoms with Crippen LogP contribution in [0.3, 0.4) is 0 Å². The number of halogens is 1. The van der Waals surface area contributed by atoms with Gasteiger partial charge in [0.1, 0.15) is 10.7 Å². The lowest BCUT2D eigenvalue weighted by Gasteiger charge is -2.39. The summed E-state index contributed by atoms with van der Waals surface area (Å²) in [7, 11) is 2.57. The number of hydrogen-bond donors (Lipinski definition) is 1. The summed E-state index contributed by atoms with van der Waals surface area (Å²) in [4.78, 5) is 21.3. The Morgan fingerprint density at radius 3 is 2.75 bits per heavy atom. The molecule has 0 radical (unpaired) electrons. The van der Waals surface area contributed by atoms with Gasteiger partial charge in [-0.2, -0.15) is 4.98 Å². The summed E-state index contributed by atoms with van der Waals surface area (Å²) >= 11 is 7.61. The largest absolute Gasteiger partial charge is 0.382 e. The highest BCUT2D eigenvalue weighted by Crippen LogP contribution is 2.40. The number of nitrogens with zero attached hydrogens (tertiary/aromatic N) is 3. The summed E-state index contributed by atoms with van der Waals surface area (Å²) in [5.74, 6) is 0.937. The first-order valence-electron chi connectivity index (χ1n) is 9.52. The zero-order valence-electron chi connectivity index (χ0n) is 16.2. The van der Waals surface area contributed by atoms with Crippen LogP contribution in [0.5, 0.6) is 0 Å². The predicted molar refractivity (Wildman–Crippen MR) is 118 cm³/mol. The van der Waals surface area contributed by atoms with Crippen LogP contribution >= 0.6 is 23.4 Å². The van der Waals surface area contributed by atoms with E-state index in [9.17, 15) is 4.79 Å². The molecule has 6 nitrogen and oxygen atoms in total. The minimum atomic E-state index is -0.113. The molecule has 1 spiro atoms. The monoisotopic (exact) mass is 436 g/mol. The third kappa shape index (κ3) is 3.58. The van der Waals surface area contributed by atoms with Gasteiger partial charge in [-0.1, -0.05) is 29.4 Å². The first-order valence-corrected chi connectivity index (χ1v) is 11.7. The number of benzene rings is 1. The molecule has 0 saturated carbocycles. The normalized spacial score (nSPS) is 18.9. The zero-order chi connectivity index (χ0) is 19.9. The highest BCUT2D eigenvalue weighted by Gasteiger charge is 2.38. The lowest BCUT2D eigenvalue weighted by molar-refractivity contribution is 0.133. The molecule has 1 aromatic heterocycles. The summed E-state index contributed by atoms with van der Waals surface area (Å²) in [6.07, 6.45) is 3.25. The van der Waals surface area contributed by atoms with Crippen molar-refractivity contribution in [1.82, 2.24) is 9.55 Å². The molecular formula is C19H25ClN4O2SSi. The van der Waals surface area contributed by atoms with Gasteiger partial charge in [0.05, 0.1) is 6.61 Å². The molecule has 0 bridgehead atoms. The number of hydrogen-bond acceptors (Lipinski definition) is 6. The van der Waals surface area contributed by atoms with Crippen LogP contribution in [0.2, 0.25) is 5.02 Å². The van der Waals surface area contributed by atoms with Crippen molar-refractivity contribution in [3.05, 3.63) is 33.6 Å². The fourth-order valence-electron chi connectivity index (χ4n) is 4.00. The van der Waals surface area contributed by atoms with Crippen LogP contribution in [-0.4, -0.2) is 46.1 Å². The highest BCUT2D eigenvalue weighted by molar-refractivity contribution is 7.99. The molecule has 0 amide bonds. The molecule has 0 atom stereocenters. The summed E-state index contributed by atoms with van der Waals surface area (Å²) in [6, 6.07) is 5.74. The molecule has 0 aliphatic carbocycles. The van der Waals surface area contributed by atoms with Gasteiger partial charge in [-0.05, 0) is 42.0 Å². The molecule has 4 rings (SSSR count). The average Bonchev–Trinajstić information content (AvgIpc) is 3.14. The summed E-state index contributed by atoms with van der Waals surface area (Å²) < 4.78 is 7.24. The van der Waals surface area contributed by atoms with Crippen LogP contribution in [-0.2, 0) is 11.8 Å². The maximum absolute atomic E-state index is 13.1. The Kier molecular flexibility index (Phi) is 5.48. The number of piperidine rings is 1. The zero-order valence-corrected chi connectivity index (χ0v) is 19.8. The number of nitrogen functional groups attached to an aromatic ring is 1. The first-order chi connectivity index (χ1) is 13.4. The lowest BCUT2D eigenvalue weighted by atomic mass is 9.78. The molecule has 2 aliphatic rings. The van der Waals surface area contributed by atoms with Crippen LogP contribution in [0.15, 0.2) is 32.8 Å². The summed E-state index contributed by atoms with van der Waals surface area (Å²) in [5.41, 5.74) is 6.43. The van der Waals surface area contributed by atoms with Crippen molar-refractivity contribution >= 4 is 50.6 Å². The number of rotatable bonds is 3. The second-order valence-corrected chi connectivity index (χ2v) is 10.2. The molecule has 2 aromatic rings. The Bertz CT molecular complexity index is 952. The van der Waals surface area contributed by atoms with Crippen molar-refractivity contribution in [3.63, 3.8) is 0 Å². The van der Waals surface area contributed by atoms with Crippen molar-refractivity contribution in [2.45, 2.75) is 29.1 Å². The van der Waals surface area contributed by atoms with E-state index in [0.29, 0.717) is 16.3 Å². The SMILES string of the molecule is Cn1c(N2CCC3(CCOC3)CC2)nc(N)c(Sc2cccc(Cl)c2[SiH3])c1=O. The highest BCUT2D eigenvalue weighted by atomic mass is 35.5. The van der Waals surface area contributed by atoms with Gasteiger partial charge >= 0.3 is 0 Å². The van der Waals surface area contributed by atoms with Crippen LogP contribution in [0.1, 0.15) is 19.3 Å². The van der Waals surface area contributed by atoms with Gasteiger partial charge < -0.3 is 15.4 Å². The third-order valence-electron chi connectivity index (χ3n) is 5.97. The van der Waals surface area contributed by atoms with E-state index in [1.54, 1.807) is 11.6 Å². The standard InChI is InChI=1S/C19H25ClN4O2SSi/c1-23-17(25)14(27-13-4-2-3-12(20)15(13)28)16(21)22-18(23)24-8-5-19(6-9-24)7-10-26-11-19/h2-4H,5-11,21H2,1,28H3. The van der Waals surface area contributed by atoms with Gasteiger partial charge in [-0.25, -0.2) is 0 Å². The van der Waals surface area contributed by atoms with Crippen molar-refractivity contribution in [3.8, 4) is 0 Å². The molecule has 150 valence electrons. The Labute approximate surface area is 176 Å². The first kappa shape index (κ1) is 19.8.